The normalized spacial score (nSPS) is 11.0. The molecular weight excluding hydrogens is 322 g/mol. The molecular formula is C14H14N3O5S-. The van der Waals surface area contributed by atoms with Crippen molar-refractivity contribution in [2.45, 2.75) is 11.8 Å². The van der Waals surface area contributed by atoms with Crippen LogP contribution in [0, 0.1) is 6.92 Å². The molecule has 0 aliphatic carbocycles. The lowest BCUT2D eigenvalue weighted by Gasteiger charge is -2.23. The third-order valence-electron chi connectivity index (χ3n) is 2.86. The first-order chi connectivity index (χ1) is 10.8. The van der Waals surface area contributed by atoms with E-state index in [-0.39, 0.29) is 16.7 Å². The number of aryl methyl sites for hydroxylation is 1. The second-order valence-corrected chi connectivity index (χ2v) is 6.41. The summed E-state index contributed by atoms with van der Waals surface area (Å²) in [5.74, 6) is -1.75. The lowest BCUT2D eigenvalue weighted by atomic mass is 10.4. The van der Waals surface area contributed by atoms with E-state index in [0.717, 1.165) is 0 Å². The molecule has 0 spiro atoms. The second-order valence-electron chi connectivity index (χ2n) is 4.55. The number of rotatable bonds is 6. The van der Waals surface area contributed by atoms with Gasteiger partial charge < -0.3 is 14.6 Å². The number of methoxy groups -OCH3 is 1. The summed E-state index contributed by atoms with van der Waals surface area (Å²) in [6.45, 7) is 0.698. The van der Waals surface area contributed by atoms with E-state index in [0.29, 0.717) is 10.00 Å². The first kappa shape index (κ1) is 16.7. The van der Waals surface area contributed by atoms with Gasteiger partial charge in [0.25, 0.3) is 10.0 Å². The van der Waals surface area contributed by atoms with Crippen molar-refractivity contribution >= 4 is 21.9 Å². The molecule has 0 atom stereocenters. The topological polar surface area (TPSA) is 113 Å². The summed E-state index contributed by atoms with van der Waals surface area (Å²) in [6.07, 6.45) is 0. The van der Waals surface area contributed by atoms with Gasteiger partial charge in [-0.3, -0.25) is 0 Å². The summed E-state index contributed by atoms with van der Waals surface area (Å²) in [4.78, 5) is 18.8. The monoisotopic (exact) mass is 336 g/mol. The fourth-order valence-electron chi connectivity index (χ4n) is 1.84. The van der Waals surface area contributed by atoms with Crippen LogP contribution in [0.25, 0.3) is 0 Å². The van der Waals surface area contributed by atoms with Crippen molar-refractivity contribution in [2.24, 2.45) is 0 Å². The zero-order chi connectivity index (χ0) is 17.0. The number of benzene rings is 1. The van der Waals surface area contributed by atoms with Crippen molar-refractivity contribution < 1.29 is 23.1 Å². The maximum absolute atomic E-state index is 12.7. The van der Waals surface area contributed by atoms with Crippen LogP contribution < -0.4 is 14.1 Å². The number of carboxylic acids is 1. The maximum atomic E-state index is 12.7. The molecule has 1 aromatic carbocycles. The van der Waals surface area contributed by atoms with Crippen LogP contribution >= 0.6 is 0 Å². The Morgan fingerprint density at radius 2 is 1.91 bits per heavy atom. The minimum Gasteiger partial charge on any atom is -0.548 e. The minimum atomic E-state index is -4.16. The fourth-order valence-corrected chi connectivity index (χ4v) is 3.17. The van der Waals surface area contributed by atoms with Crippen molar-refractivity contribution in [3.8, 4) is 5.88 Å². The first-order valence-corrected chi connectivity index (χ1v) is 7.96. The summed E-state index contributed by atoms with van der Waals surface area (Å²) in [6, 6.07) is 8.91. The SMILES string of the molecule is COc1cc(C)nc(N(CC(=O)[O-])S(=O)(=O)c2ccccc2)n1. The van der Waals surface area contributed by atoms with E-state index in [2.05, 4.69) is 9.97 Å². The van der Waals surface area contributed by atoms with Gasteiger partial charge in [-0.2, -0.15) is 4.98 Å². The molecule has 1 aromatic heterocycles. The van der Waals surface area contributed by atoms with Crippen LogP contribution in [-0.4, -0.2) is 38.0 Å². The highest BCUT2D eigenvalue weighted by Gasteiger charge is 2.27. The van der Waals surface area contributed by atoms with Crippen LogP contribution in [0.4, 0.5) is 5.95 Å². The van der Waals surface area contributed by atoms with E-state index in [4.69, 9.17) is 4.74 Å². The molecule has 122 valence electrons. The second kappa shape index (κ2) is 6.61. The molecule has 2 aromatic rings. The van der Waals surface area contributed by atoms with Gasteiger partial charge in [0.1, 0.15) is 0 Å². The van der Waals surface area contributed by atoms with Gasteiger partial charge >= 0.3 is 0 Å². The number of aliphatic carboxylic acids is 1. The Bertz CT molecular complexity index is 808. The number of hydrogen-bond acceptors (Lipinski definition) is 7. The van der Waals surface area contributed by atoms with Crippen LogP contribution in [0.1, 0.15) is 5.69 Å². The van der Waals surface area contributed by atoms with Gasteiger partial charge in [-0.1, -0.05) is 18.2 Å². The molecule has 0 fully saturated rings. The summed E-state index contributed by atoms with van der Waals surface area (Å²) < 4.78 is 30.9. The molecule has 0 bridgehead atoms. The Morgan fingerprint density at radius 3 is 2.48 bits per heavy atom. The first-order valence-electron chi connectivity index (χ1n) is 6.52. The number of nitrogens with zero attached hydrogens (tertiary/aromatic N) is 3. The Labute approximate surface area is 133 Å². The van der Waals surface area contributed by atoms with Crippen LogP contribution in [-0.2, 0) is 14.8 Å². The summed E-state index contributed by atoms with van der Waals surface area (Å²) in [5, 5.41) is 11.0. The minimum absolute atomic E-state index is 0.0784. The van der Waals surface area contributed by atoms with E-state index >= 15 is 0 Å². The van der Waals surface area contributed by atoms with Gasteiger partial charge in [0, 0.05) is 11.8 Å². The van der Waals surface area contributed by atoms with Crippen molar-refractivity contribution in [3.05, 3.63) is 42.1 Å². The third-order valence-corrected chi connectivity index (χ3v) is 4.60. The number of aromatic nitrogens is 2. The van der Waals surface area contributed by atoms with E-state index in [9.17, 15) is 18.3 Å². The van der Waals surface area contributed by atoms with Crippen LogP contribution in [0.3, 0.4) is 0 Å². The molecule has 0 saturated heterocycles. The molecule has 9 heteroatoms. The number of carbonyl (C=O) groups excluding carboxylic acids is 1. The predicted molar refractivity (Wildman–Crippen MR) is 79.3 cm³/mol. The maximum Gasteiger partial charge on any atom is 0.267 e. The van der Waals surface area contributed by atoms with Crippen LogP contribution in [0.2, 0.25) is 0 Å². The van der Waals surface area contributed by atoms with Crippen molar-refractivity contribution in [1.82, 2.24) is 9.97 Å². The molecule has 1 heterocycles. The number of sulfonamides is 1. The Hall–Kier alpha value is -2.68. The summed E-state index contributed by atoms with van der Waals surface area (Å²) in [7, 11) is -2.80. The average Bonchev–Trinajstić information content (AvgIpc) is 2.52. The largest absolute Gasteiger partial charge is 0.548 e. The molecule has 0 N–H and O–H groups in total. The summed E-state index contributed by atoms with van der Waals surface area (Å²) in [5.41, 5.74) is 0.429. The smallest absolute Gasteiger partial charge is 0.267 e. The molecule has 0 amide bonds. The van der Waals surface area contributed by atoms with Gasteiger partial charge in [0.2, 0.25) is 11.8 Å². The van der Waals surface area contributed by atoms with Gasteiger partial charge in [0.05, 0.1) is 24.5 Å². The molecule has 0 unspecified atom stereocenters. The highest BCUT2D eigenvalue weighted by molar-refractivity contribution is 7.92. The number of carboxylic acid groups (broad SMARTS) is 1. The Balaban J connectivity index is 2.58. The number of carbonyl (C=O) groups is 1. The Kier molecular flexibility index (Phi) is 4.80. The third kappa shape index (κ3) is 3.75. The standard InChI is InChI=1S/C14H15N3O5S/c1-10-8-12(22-2)16-14(15-10)17(9-13(18)19)23(20,21)11-6-4-3-5-7-11/h3-8H,9H2,1-2H3,(H,18,19)/p-1. The lowest BCUT2D eigenvalue weighted by Crippen LogP contribution is -2.42. The van der Waals surface area contributed by atoms with Crippen molar-refractivity contribution in [2.75, 3.05) is 18.0 Å². The van der Waals surface area contributed by atoms with E-state index < -0.39 is 22.5 Å². The number of anilines is 1. The van der Waals surface area contributed by atoms with Crippen LogP contribution in [0.15, 0.2) is 41.3 Å². The predicted octanol–water partition coefficient (Wildman–Crippen LogP) is -0.261. The van der Waals surface area contributed by atoms with Gasteiger partial charge in [-0.25, -0.2) is 17.7 Å². The van der Waals surface area contributed by atoms with Crippen molar-refractivity contribution in [3.63, 3.8) is 0 Å². The Morgan fingerprint density at radius 1 is 1.26 bits per heavy atom. The summed E-state index contributed by atoms with van der Waals surface area (Å²) >= 11 is 0. The molecule has 23 heavy (non-hydrogen) atoms. The molecule has 8 nitrogen and oxygen atoms in total. The fraction of sp³-hybridized carbons (Fsp3) is 0.214. The average molecular weight is 336 g/mol. The van der Waals surface area contributed by atoms with E-state index in [1.165, 1.54) is 37.4 Å². The highest BCUT2D eigenvalue weighted by Crippen LogP contribution is 2.22. The zero-order valence-corrected chi connectivity index (χ0v) is 13.3. The quantitative estimate of drug-likeness (QED) is 0.714. The van der Waals surface area contributed by atoms with Crippen molar-refractivity contribution in [1.29, 1.82) is 0 Å². The number of ether oxygens (including phenoxy) is 1. The number of hydrogen-bond donors (Lipinski definition) is 0. The lowest BCUT2D eigenvalue weighted by molar-refractivity contribution is -0.303. The highest BCUT2D eigenvalue weighted by atomic mass is 32.2. The van der Waals surface area contributed by atoms with E-state index in [1.807, 2.05) is 0 Å². The molecule has 0 saturated carbocycles. The molecule has 0 aliphatic heterocycles. The van der Waals surface area contributed by atoms with E-state index in [1.54, 1.807) is 13.0 Å². The van der Waals surface area contributed by atoms with Gasteiger partial charge in [-0.15, -0.1) is 0 Å². The molecule has 0 aliphatic rings. The van der Waals surface area contributed by atoms with Gasteiger partial charge in [-0.05, 0) is 19.1 Å². The molecule has 2 rings (SSSR count). The molecule has 0 radical (unpaired) electrons. The van der Waals surface area contributed by atoms with Gasteiger partial charge in [0.15, 0.2) is 0 Å². The zero-order valence-electron chi connectivity index (χ0n) is 12.5. The van der Waals surface area contributed by atoms with Crippen LogP contribution in [0.5, 0.6) is 5.88 Å².